The van der Waals surface area contributed by atoms with Crippen LogP contribution in [0.4, 0.5) is 0 Å². The highest BCUT2D eigenvalue weighted by molar-refractivity contribution is 7.89. The van der Waals surface area contributed by atoms with Crippen LogP contribution in [-0.4, -0.2) is 25.6 Å². The lowest BCUT2D eigenvalue weighted by Gasteiger charge is -2.26. The van der Waals surface area contributed by atoms with Crippen molar-refractivity contribution in [2.75, 3.05) is 7.05 Å². The number of nitrogens with zero attached hydrogens (tertiary/aromatic N) is 1. The maximum Gasteiger partial charge on any atom is 0.264 e. The van der Waals surface area contributed by atoms with Gasteiger partial charge in [-0.05, 0) is 24.6 Å². The molecule has 0 radical (unpaired) electrons. The van der Waals surface area contributed by atoms with Crippen molar-refractivity contribution in [2.45, 2.75) is 11.8 Å². The Morgan fingerprint density at radius 2 is 1.64 bits per heavy atom. The molecule has 0 aromatic heterocycles. The Balaban J connectivity index is 2.13. The van der Waals surface area contributed by atoms with Gasteiger partial charge in [-0.15, -0.1) is 0 Å². The molecule has 0 saturated carbocycles. The molecular formula is C17H15NO3S. The molecule has 0 fully saturated rings. The van der Waals surface area contributed by atoms with E-state index < -0.39 is 10.0 Å². The van der Waals surface area contributed by atoms with Gasteiger partial charge in [-0.3, -0.25) is 9.10 Å². The van der Waals surface area contributed by atoms with Crippen LogP contribution in [0.2, 0.25) is 0 Å². The standard InChI is InChI=1S/C17H15NO3S/c1-12-7-9-13(10-8-12)17(19)15-11-14-5-3-4-6-16(14)22(20,21)18(15)2/h3-11H,1-2H3. The van der Waals surface area contributed by atoms with Crippen molar-refractivity contribution < 1.29 is 13.2 Å². The zero-order valence-corrected chi connectivity index (χ0v) is 13.1. The number of Topliss-reactive ketones (excluding diaryl/α,β-unsaturated/α-hetero) is 1. The summed E-state index contributed by atoms with van der Waals surface area (Å²) in [5.74, 6) is -0.305. The molecule has 3 rings (SSSR count). The number of sulfonamides is 1. The van der Waals surface area contributed by atoms with Crippen LogP contribution in [0.3, 0.4) is 0 Å². The molecule has 1 aliphatic rings. The number of ketones is 1. The lowest BCUT2D eigenvalue weighted by atomic mass is 10.0. The van der Waals surface area contributed by atoms with Gasteiger partial charge in [0, 0.05) is 12.6 Å². The first kappa shape index (κ1) is 14.5. The number of carbonyl (C=O) groups excluding carboxylic acids is 1. The fraction of sp³-hybridized carbons (Fsp3) is 0.118. The fourth-order valence-corrected chi connectivity index (χ4v) is 3.78. The summed E-state index contributed by atoms with van der Waals surface area (Å²) in [6.07, 6.45) is 1.62. The summed E-state index contributed by atoms with van der Waals surface area (Å²) in [6.45, 7) is 1.93. The number of hydrogen-bond donors (Lipinski definition) is 0. The third-order valence-corrected chi connectivity index (χ3v) is 5.58. The number of fused-ring (bicyclic) bond motifs is 1. The second kappa shape index (κ2) is 5.10. The van der Waals surface area contributed by atoms with Crippen molar-refractivity contribution in [3.63, 3.8) is 0 Å². The molecule has 0 spiro atoms. The SMILES string of the molecule is Cc1ccc(C(=O)C2=Cc3ccccc3S(=O)(=O)N2C)cc1. The van der Waals surface area contributed by atoms with E-state index in [1.165, 1.54) is 7.05 Å². The average Bonchev–Trinajstić information content (AvgIpc) is 2.51. The lowest BCUT2D eigenvalue weighted by Crippen LogP contribution is -2.33. The van der Waals surface area contributed by atoms with Gasteiger partial charge in [0.25, 0.3) is 10.0 Å². The molecule has 0 unspecified atom stereocenters. The van der Waals surface area contributed by atoms with Crippen LogP contribution in [0.15, 0.2) is 59.1 Å². The minimum Gasteiger partial charge on any atom is -0.287 e. The molecule has 0 atom stereocenters. The van der Waals surface area contributed by atoms with Gasteiger partial charge in [-0.1, -0.05) is 48.0 Å². The summed E-state index contributed by atoms with van der Waals surface area (Å²) in [6, 6.07) is 13.7. The number of benzene rings is 2. The third kappa shape index (κ3) is 2.23. The van der Waals surface area contributed by atoms with Gasteiger partial charge in [0.2, 0.25) is 5.78 Å². The highest BCUT2D eigenvalue weighted by Gasteiger charge is 2.32. The van der Waals surface area contributed by atoms with E-state index in [9.17, 15) is 13.2 Å². The molecule has 0 N–H and O–H groups in total. The lowest BCUT2D eigenvalue weighted by molar-refractivity contribution is 0.101. The van der Waals surface area contributed by atoms with Gasteiger partial charge in [0.05, 0.1) is 4.90 Å². The van der Waals surface area contributed by atoms with Gasteiger partial charge < -0.3 is 0 Å². The molecule has 1 heterocycles. The Morgan fingerprint density at radius 3 is 2.32 bits per heavy atom. The Bertz CT molecular complexity index is 880. The second-order valence-electron chi connectivity index (χ2n) is 5.24. The molecule has 4 nitrogen and oxygen atoms in total. The van der Waals surface area contributed by atoms with Crippen LogP contribution in [0.25, 0.3) is 6.08 Å². The van der Waals surface area contributed by atoms with Crippen LogP contribution < -0.4 is 0 Å². The molecule has 2 aromatic rings. The van der Waals surface area contributed by atoms with Gasteiger partial charge in [-0.25, -0.2) is 8.42 Å². The summed E-state index contributed by atoms with van der Waals surface area (Å²) in [5.41, 5.74) is 2.21. The van der Waals surface area contributed by atoms with E-state index in [4.69, 9.17) is 0 Å². The maximum atomic E-state index is 12.6. The number of likely N-dealkylation sites (N-methyl/N-ethyl adjacent to an activating group) is 1. The topological polar surface area (TPSA) is 54.5 Å². The van der Waals surface area contributed by atoms with Crippen molar-refractivity contribution in [3.05, 3.63) is 70.9 Å². The summed E-state index contributed by atoms with van der Waals surface area (Å²) in [4.78, 5) is 12.9. The number of hydrogen-bond acceptors (Lipinski definition) is 3. The minimum absolute atomic E-state index is 0.155. The highest BCUT2D eigenvalue weighted by Crippen LogP contribution is 2.31. The Kier molecular flexibility index (Phi) is 3.37. The normalized spacial score (nSPS) is 15.9. The van der Waals surface area contributed by atoms with Crippen molar-refractivity contribution >= 4 is 21.9 Å². The van der Waals surface area contributed by atoms with Crippen molar-refractivity contribution in [2.24, 2.45) is 0 Å². The van der Waals surface area contributed by atoms with E-state index in [-0.39, 0.29) is 16.4 Å². The van der Waals surface area contributed by atoms with Gasteiger partial charge >= 0.3 is 0 Å². The minimum atomic E-state index is -3.69. The predicted molar refractivity (Wildman–Crippen MR) is 84.9 cm³/mol. The van der Waals surface area contributed by atoms with Crippen LogP contribution in [0.1, 0.15) is 21.5 Å². The number of rotatable bonds is 2. The molecular weight excluding hydrogens is 298 g/mol. The van der Waals surface area contributed by atoms with E-state index in [0.717, 1.165) is 9.87 Å². The monoisotopic (exact) mass is 313 g/mol. The summed E-state index contributed by atoms with van der Waals surface area (Å²) < 4.78 is 26.1. The maximum absolute atomic E-state index is 12.6. The molecule has 22 heavy (non-hydrogen) atoms. The largest absolute Gasteiger partial charge is 0.287 e. The van der Waals surface area contributed by atoms with Gasteiger partial charge in [-0.2, -0.15) is 0 Å². The number of allylic oxidation sites excluding steroid dienone is 1. The molecule has 0 saturated heterocycles. The number of carbonyl (C=O) groups is 1. The van der Waals surface area contributed by atoms with Crippen LogP contribution >= 0.6 is 0 Å². The summed E-state index contributed by atoms with van der Waals surface area (Å²) in [5, 5.41) is 0. The van der Waals surface area contributed by atoms with Crippen molar-refractivity contribution in [1.29, 1.82) is 0 Å². The molecule has 2 aromatic carbocycles. The third-order valence-electron chi connectivity index (χ3n) is 3.74. The summed E-state index contributed by atoms with van der Waals surface area (Å²) >= 11 is 0. The molecule has 5 heteroatoms. The molecule has 0 aliphatic carbocycles. The van der Waals surface area contributed by atoms with Gasteiger partial charge in [0.15, 0.2) is 0 Å². The Morgan fingerprint density at radius 1 is 1.00 bits per heavy atom. The molecule has 1 aliphatic heterocycles. The Hall–Kier alpha value is -2.40. The quantitative estimate of drug-likeness (QED) is 0.801. The molecule has 0 amide bonds. The molecule has 0 bridgehead atoms. The average molecular weight is 313 g/mol. The van der Waals surface area contributed by atoms with Crippen LogP contribution in [0, 0.1) is 6.92 Å². The van der Waals surface area contributed by atoms with Gasteiger partial charge in [0.1, 0.15) is 5.70 Å². The van der Waals surface area contributed by atoms with E-state index in [0.29, 0.717) is 11.1 Å². The van der Waals surface area contributed by atoms with E-state index in [2.05, 4.69) is 0 Å². The van der Waals surface area contributed by atoms with E-state index in [1.54, 1.807) is 42.5 Å². The van der Waals surface area contributed by atoms with Crippen LogP contribution in [-0.2, 0) is 10.0 Å². The van der Waals surface area contributed by atoms with Crippen molar-refractivity contribution in [3.8, 4) is 0 Å². The Labute approximate surface area is 129 Å². The zero-order chi connectivity index (χ0) is 15.9. The summed E-state index contributed by atoms with van der Waals surface area (Å²) in [7, 11) is -2.28. The zero-order valence-electron chi connectivity index (χ0n) is 12.3. The predicted octanol–water partition coefficient (Wildman–Crippen LogP) is 2.85. The first-order chi connectivity index (χ1) is 10.4. The first-order valence-electron chi connectivity index (χ1n) is 6.82. The molecule has 112 valence electrons. The van der Waals surface area contributed by atoms with E-state index in [1.807, 2.05) is 19.1 Å². The highest BCUT2D eigenvalue weighted by atomic mass is 32.2. The van der Waals surface area contributed by atoms with Crippen molar-refractivity contribution in [1.82, 2.24) is 4.31 Å². The smallest absolute Gasteiger partial charge is 0.264 e. The fourth-order valence-electron chi connectivity index (χ4n) is 2.41. The number of aryl methyl sites for hydroxylation is 1. The first-order valence-corrected chi connectivity index (χ1v) is 8.26. The van der Waals surface area contributed by atoms with E-state index >= 15 is 0 Å². The second-order valence-corrected chi connectivity index (χ2v) is 7.17. The van der Waals surface area contributed by atoms with Crippen LogP contribution in [0.5, 0.6) is 0 Å².